The predicted molar refractivity (Wildman–Crippen MR) is 69.9 cm³/mol. The van der Waals surface area contributed by atoms with Crippen molar-refractivity contribution < 1.29 is 14.4 Å². The molecule has 0 radical (unpaired) electrons. The summed E-state index contributed by atoms with van der Waals surface area (Å²) < 4.78 is 0. The van der Waals surface area contributed by atoms with E-state index in [2.05, 4.69) is 5.32 Å². The van der Waals surface area contributed by atoms with Gasteiger partial charge in [0.1, 0.15) is 0 Å². The Morgan fingerprint density at radius 1 is 1.00 bits per heavy atom. The Hall–Kier alpha value is -2.57. The Morgan fingerprint density at radius 2 is 1.53 bits per heavy atom. The van der Waals surface area contributed by atoms with E-state index in [1.807, 2.05) is 18.2 Å². The smallest absolute Gasteiger partial charge is 0.242 e. The lowest BCUT2D eigenvalue weighted by Crippen LogP contribution is -2.45. The summed E-state index contributed by atoms with van der Waals surface area (Å²) in [6.07, 6.45) is 0. The number of rotatable bonds is 7. The lowest BCUT2D eigenvalue weighted by Gasteiger charge is -2.19. The van der Waals surface area contributed by atoms with Gasteiger partial charge in [0.2, 0.25) is 17.7 Å². The topological polar surface area (TPSA) is 119 Å². The summed E-state index contributed by atoms with van der Waals surface area (Å²) in [5.74, 6) is -1.83. The third-order valence-electron chi connectivity index (χ3n) is 2.26. The molecule has 0 saturated heterocycles. The standard InChI is InChI=1S/C12H16N4O3/c13-10(17)7-16(8-11(14)18)12(19)6-15-9-4-2-1-3-5-9/h1-5,15H,6-8H2,(H2,13,17)(H2,14,18). The molecule has 0 saturated carbocycles. The molecule has 0 fully saturated rings. The largest absolute Gasteiger partial charge is 0.376 e. The molecule has 0 aromatic heterocycles. The Kier molecular flexibility index (Phi) is 5.34. The van der Waals surface area contributed by atoms with Crippen molar-refractivity contribution in [2.75, 3.05) is 25.0 Å². The Bertz CT molecular complexity index is 445. The molecule has 0 heterocycles. The summed E-state index contributed by atoms with van der Waals surface area (Å²) in [6, 6.07) is 9.06. The number of nitrogens with zero attached hydrogens (tertiary/aromatic N) is 1. The lowest BCUT2D eigenvalue weighted by molar-refractivity contribution is -0.136. The molecule has 5 N–H and O–H groups in total. The number of carbonyl (C=O) groups is 3. The summed E-state index contributed by atoms with van der Waals surface area (Å²) in [6.45, 7) is -0.721. The fourth-order valence-corrected chi connectivity index (χ4v) is 1.45. The van der Waals surface area contributed by atoms with Gasteiger partial charge in [0.05, 0.1) is 19.6 Å². The van der Waals surface area contributed by atoms with Gasteiger partial charge < -0.3 is 21.7 Å². The van der Waals surface area contributed by atoms with E-state index in [4.69, 9.17) is 11.5 Å². The summed E-state index contributed by atoms with van der Waals surface area (Å²) in [5.41, 5.74) is 10.8. The van der Waals surface area contributed by atoms with E-state index in [1.54, 1.807) is 12.1 Å². The minimum Gasteiger partial charge on any atom is -0.376 e. The van der Waals surface area contributed by atoms with Crippen molar-refractivity contribution in [3.8, 4) is 0 Å². The van der Waals surface area contributed by atoms with Gasteiger partial charge in [-0.1, -0.05) is 18.2 Å². The van der Waals surface area contributed by atoms with Gasteiger partial charge >= 0.3 is 0 Å². The van der Waals surface area contributed by atoms with Crippen LogP contribution >= 0.6 is 0 Å². The maximum absolute atomic E-state index is 11.8. The second-order valence-corrected chi connectivity index (χ2v) is 3.90. The van der Waals surface area contributed by atoms with Crippen molar-refractivity contribution in [3.05, 3.63) is 30.3 Å². The zero-order chi connectivity index (χ0) is 14.3. The summed E-state index contributed by atoms with van der Waals surface area (Å²) >= 11 is 0. The summed E-state index contributed by atoms with van der Waals surface area (Å²) in [7, 11) is 0. The number of nitrogens with two attached hydrogens (primary N) is 2. The van der Waals surface area contributed by atoms with E-state index >= 15 is 0 Å². The van der Waals surface area contributed by atoms with E-state index in [9.17, 15) is 14.4 Å². The zero-order valence-corrected chi connectivity index (χ0v) is 10.3. The maximum atomic E-state index is 11.8. The first kappa shape index (κ1) is 14.5. The van der Waals surface area contributed by atoms with E-state index in [1.165, 1.54) is 0 Å². The minimum absolute atomic E-state index is 0.0510. The molecule has 0 unspecified atom stereocenters. The molecule has 0 atom stereocenters. The molecule has 0 aliphatic rings. The first-order valence-electron chi connectivity index (χ1n) is 5.62. The van der Waals surface area contributed by atoms with Crippen LogP contribution in [-0.4, -0.2) is 42.3 Å². The molecule has 0 spiro atoms. The summed E-state index contributed by atoms with van der Waals surface area (Å²) in [5, 5.41) is 2.88. The van der Waals surface area contributed by atoms with E-state index in [-0.39, 0.29) is 19.6 Å². The number of anilines is 1. The number of para-hydroxylation sites is 1. The van der Waals surface area contributed by atoms with Crippen LogP contribution < -0.4 is 16.8 Å². The second-order valence-electron chi connectivity index (χ2n) is 3.90. The Morgan fingerprint density at radius 3 is 2.00 bits per heavy atom. The van der Waals surface area contributed by atoms with Gasteiger partial charge in [0, 0.05) is 5.69 Å². The average Bonchev–Trinajstić information content (AvgIpc) is 2.35. The Balaban J connectivity index is 2.56. The molecule has 3 amide bonds. The zero-order valence-electron chi connectivity index (χ0n) is 10.3. The first-order chi connectivity index (χ1) is 8.99. The van der Waals surface area contributed by atoms with Crippen molar-refractivity contribution >= 4 is 23.4 Å². The number of primary amides is 2. The highest BCUT2D eigenvalue weighted by Gasteiger charge is 2.17. The SMILES string of the molecule is NC(=O)CN(CC(N)=O)C(=O)CNc1ccccc1. The van der Waals surface area contributed by atoms with Crippen LogP contribution in [0.3, 0.4) is 0 Å². The molecular weight excluding hydrogens is 248 g/mol. The summed E-state index contributed by atoms with van der Waals surface area (Å²) in [4.78, 5) is 34.5. The maximum Gasteiger partial charge on any atom is 0.242 e. The van der Waals surface area contributed by atoms with Crippen LogP contribution in [0.15, 0.2) is 30.3 Å². The number of hydrogen-bond acceptors (Lipinski definition) is 4. The van der Waals surface area contributed by atoms with Crippen LogP contribution in [0.5, 0.6) is 0 Å². The van der Waals surface area contributed by atoms with E-state index < -0.39 is 17.7 Å². The van der Waals surface area contributed by atoms with Gasteiger partial charge in [-0.15, -0.1) is 0 Å². The highest BCUT2D eigenvalue weighted by molar-refractivity contribution is 5.89. The lowest BCUT2D eigenvalue weighted by atomic mass is 10.3. The van der Waals surface area contributed by atoms with E-state index in [0.29, 0.717) is 0 Å². The molecule has 1 aromatic carbocycles. The number of nitrogens with one attached hydrogen (secondary N) is 1. The van der Waals surface area contributed by atoms with Crippen LogP contribution in [0.4, 0.5) is 5.69 Å². The van der Waals surface area contributed by atoms with Gasteiger partial charge in [-0.05, 0) is 12.1 Å². The molecule has 0 bridgehead atoms. The minimum atomic E-state index is -0.700. The van der Waals surface area contributed by atoms with Crippen molar-refractivity contribution in [2.24, 2.45) is 11.5 Å². The highest BCUT2D eigenvalue weighted by Crippen LogP contribution is 2.04. The molecule has 0 aliphatic carbocycles. The third kappa shape index (κ3) is 5.53. The fourth-order valence-electron chi connectivity index (χ4n) is 1.45. The van der Waals surface area contributed by atoms with Crippen molar-refractivity contribution in [1.82, 2.24) is 4.90 Å². The fraction of sp³-hybridized carbons (Fsp3) is 0.250. The molecule has 7 nitrogen and oxygen atoms in total. The normalized spacial score (nSPS) is 9.68. The quantitative estimate of drug-likeness (QED) is 0.579. The molecular formula is C12H16N4O3. The predicted octanol–water partition coefficient (Wildman–Crippen LogP) is -1.10. The van der Waals surface area contributed by atoms with Gasteiger partial charge in [0.15, 0.2) is 0 Å². The number of hydrogen-bond donors (Lipinski definition) is 3. The van der Waals surface area contributed by atoms with E-state index in [0.717, 1.165) is 10.6 Å². The van der Waals surface area contributed by atoms with Crippen molar-refractivity contribution in [1.29, 1.82) is 0 Å². The van der Waals surface area contributed by atoms with Crippen LogP contribution in [0.2, 0.25) is 0 Å². The third-order valence-corrected chi connectivity index (χ3v) is 2.26. The number of benzene rings is 1. The van der Waals surface area contributed by atoms with Crippen LogP contribution in [-0.2, 0) is 14.4 Å². The van der Waals surface area contributed by atoms with Gasteiger partial charge in [-0.2, -0.15) is 0 Å². The molecule has 1 rings (SSSR count). The number of carbonyl (C=O) groups excluding carboxylic acids is 3. The van der Waals surface area contributed by atoms with Crippen molar-refractivity contribution in [2.45, 2.75) is 0 Å². The molecule has 7 heteroatoms. The van der Waals surface area contributed by atoms with Crippen LogP contribution in [0.1, 0.15) is 0 Å². The number of amides is 3. The highest BCUT2D eigenvalue weighted by atomic mass is 16.2. The first-order valence-corrected chi connectivity index (χ1v) is 5.62. The second kappa shape index (κ2) is 7.00. The van der Waals surface area contributed by atoms with Gasteiger partial charge in [-0.25, -0.2) is 0 Å². The molecule has 102 valence electrons. The van der Waals surface area contributed by atoms with Crippen molar-refractivity contribution in [3.63, 3.8) is 0 Å². The monoisotopic (exact) mass is 264 g/mol. The van der Waals surface area contributed by atoms with Gasteiger partial charge in [-0.3, -0.25) is 14.4 Å². The molecule has 0 aliphatic heterocycles. The molecule has 19 heavy (non-hydrogen) atoms. The Labute approximate surface area is 110 Å². The van der Waals surface area contributed by atoms with Gasteiger partial charge in [0.25, 0.3) is 0 Å². The van der Waals surface area contributed by atoms with Crippen LogP contribution in [0.25, 0.3) is 0 Å². The average molecular weight is 264 g/mol. The van der Waals surface area contributed by atoms with Crippen LogP contribution in [0, 0.1) is 0 Å². The molecule has 1 aromatic rings.